The summed E-state index contributed by atoms with van der Waals surface area (Å²) in [6.07, 6.45) is 0.714. The third kappa shape index (κ3) is 3.43. The topological polar surface area (TPSA) is 55.4 Å². The summed E-state index contributed by atoms with van der Waals surface area (Å²) in [4.78, 5) is 26.7. The molecule has 0 saturated heterocycles. The summed E-state index contributed by atoms with van der Waals surface area (Å²) >= 11 is 2.97. The number of rotatable bonds is 4. The van der Waals surface area contributed by atoms with Gasteiger partial charge in [0.1, 0.15) is 5.00 Å². The maximum atomic E-state index is 12.5. The summed E-state index contributed by atoms with van der Waals surface area (Å²) in [5, 5.41) is 3.31. The second-order valence-corrected chi connectivity index (χ2v) is 7.73. The third-order valence-corrected chi connectivity index (χ3v) is 5.81. The van der Waals surface area contributed by atoms with Gasteiger partial charge in [-0.3, -0.25) is 4.79 Å². The lowest BCUT2D eigenvalue weighted by Crippen LogP contribution is -2.25. The van der Waals surface area contributed by atoms with Crippen molar-refractivity contribution < 1.29 is 14.3 Å². The third-order valence-electron chi connectivity index (χ3n) is 3.53. The summed E-state index contributed by atoms with van der Waals surface area (Å²) in [5.74, 6) is -0.465. The Bertz CT molecular complexity index is 729. The number of aryl methyl sites for hydroxylation is 1. The van der Waals surface area contributed by atoms with Gasteiger partial charge in [0, 0.05) is 9.77 Å². The van der Waals surface area contributed by atoms with Crippen molar-refractivity contribution in [2.45, 2.75) is 30.4 Å². The Hall–Kier alpha value is -1.79. The van der Waals surface area contributed by atoms with E-state index in [9.17, 15) is 9.59 Å². The molecule has 0 aliphatic carbocycles. The highest BCUT2D eigenvalue weighted by Gasteiger charge is 2.29. The highest BCUT2D eigenvalue weighted by atomic mass is 32.2. The molecule has 2 heterocycles. The van der Waals surface area contributed by atoms with E-state index in [-0.39, 0.29) is 11.2 Å². The number of anilines is 1. The minimum atomic E-state index is -0.394. The first kappa shape index (κ1) is 16.1. The summed E-state index contributed by atoms with van der Waals surface area (Å²) in [5.41, 5.74) is 1.63. The van der Waals surface area contributed by atoms with Crippen LogP contribution in [0.25, 0.3) is 0 Å². The molecule has 1 aliphatic heterocycles. The Labute approximate surface area is 143 Å². The largest absolute Gasteiger partial charge is 0.462 e. The van der Waals surface area contributed by atoms with Crippen molar-refractivity contribution in [3.05, 3.63) is 46.3 Å². The van der Waals surface area contributed by atoms with Gasteiger partial charge in [-0.25, -0.2) is 4.79 Å². The lowest BCUT2D eigenvalue weighted by molar-refractivity contribution is -0.115. The number of ether oxygens (including phenoxy) is 1. The molecule has 1 aromatic heterocycles. The molecule has 23 heavy (non-hydrogen) atoms. The van der Waals surface area contributed by atoms with Crippen molar-refractivity contribution in [3.63, 3.8) is 0 Å². The molecule has 1 amide bonds. The van der Waals surface area contributed by atoms with E-state index in [2.05, 4.69) is 11.4 Å². The number of benzene rings is 1. The van der Waals surface area contributed by atoms with E-state index in [0.29, 0.717) is 23.6 Å². The first-order valence-corrected chi connectivity index (χ1v) is 9.11. The van der Waals surface area contributed by atoms with Crippen molar-refractivity contribution in [2.75, 3.05) is 11.9 Å². The van der Waals surface area contributed by atoms with Crippen LogP contribution in [0.3, 0.4) is 0 Å². The van der Waals surface area contributed by atoms with Crippen LogP contribution < -0.4 is 5.32 Å². The highest BCUT2D eigenvalue weighted by molar-refractivity contribution is 8.01. The monoisotopic (exact) mass is 347 g/mol. The minimum absolute atomic E-state index is 0.0707. The molecule has 1 atom stereocenters. The molecule has 3 rings (SSSR count). The predicted octanol–water partition coefficient (Wildman–Crippen LogP) is 3.89. The smallest absolute Gasteiger partial charge is 0.341 e. The second-order valence-electron chi connectivity index (χ2n) is 5.23. The van der Waals surface area contributed by atoms with Crippen LogP contribution in [0.15, 0.2) is 35.2 Å². The quantitative estimate of drug-likeness (QED) is 0.853. The zero-order valence-corrected chi connectivity index (χ0v) is 14.6. The van der Waals surface area contributed by atoms with E-state index in [4.69, 9.17) is 4.74 Å². The van der Waals surface area contributed by atoms with Gasteiger partial charge in [0.25, 0.3) is 0 Å². The first-order chi connectivity index (χ1) is 11.1. The molecule has 0 spiro atoms. The number of carbonyl (C=O) groups excluding carboxylic acids is 2. The van der Waals surface area contributed by atoms with Crippen LogP contribution in [0, 0.1) is 6.92 Å². The fourth-order valence-electron chi connectivity index (χ4n) is 2.49. The Balaban J connectivity index is 1.73. The first-order valence-electron chi connectivity index (χ1n) is 7.41. The average molecular weight is 347 g/mol. The number of hydrogen-bond donors (Lipinski definition) is 1. The number of hydrogen-bond acceptors (Lipinski definition) is 5. The van der Waals surface area contributed by atoms with Gasteiger partial charge in [-0.05, 0) is 38.0 Å². The number of thioether (sulfide) groups is 1. The average Bonchev–Trinajstić information content (AvgIpc) is 3.11. The summed E-state index contributed by atoms with van der Waals surface area (Å²) in [6, 6.07) is 9.81. The van der Waals surface area contributed by atoms with E-state index >= 15 is 0 Å². The molecule has 0 radical (unpaired) electrons. The molecule has 0 fully saturated rings. The molecule has 120 valence electrons. The van der Waals surface area contributed by atoms with Gasteiger partial charge < -0.3 is 10.1 Å². The zero-order valence-electron chi connectivity index (χ0n) is 12.9. The van der Waals surface area contributed by atoms with E-state index in [1.54, 1.807) is 24.8 Å². The maximum Gasteiger partial charge on any atom is 0.341 e. The van der Waals surface area contributed by atoms with Crippen molar-refractivity contribution in [1.82, 2.24) is 0 Å². The molecule has 1 N–H and O–H groups in total. The van der Waals surface area contributed by atoms with E-state index < -0.39 is 5.97 Å². The molecule has 2 aromatic rings. The van der Waals surface area contributed by atoms with Crippen LogP contribution in [0.1, 0.15) is 27.7 Å². The number of thiophene rings is 1. The Morgan fingerprint density at radius 2 is 2.13 bits per heavy atom. The molecule has 6 heteroatoms. The number of nitrogens with one attached hydrogen (secondary N) is 1. The Morgan fingerprint density at radius 3 is 2.87 bits per heavy atom. The molecule has 1 unspecified atom stereocenters. The van der Waals surface area contributed by atoms with Crippen molar-refractivity contribution in [3.8, 4) is 0 Å². The van der Waals surface area contributed by atoms with Gasteiger partial charge in [-0.15, -0.1) is 23.1 Å². The fraction of sp³-hybridized carbons (Fsp3) is 0.294. The van der Waals surface area contributed by atoms with Crippen LogP contribution in [0.4, 0.5) is 5.00 Å². The molecule has 4 nitrogen and oxygen atoms in total. The van der Waals surface area contributed by atoms with Crippen LogP contribution in [-0.2, 0) is 16.0 Å². The molecule has 1 aliphatic rings. The van der Waals surface area contributed by atoms with Crippen LogP contribution >= 0.6 is 23.1 Å². The Morgan fingerprint density at radius 1 is 1.35 bits per heavy atom. The van der Waals surface area contributed by atoms with Gasteiger partial charge in [-0.1, -0.05) is 18.2 Å². The molecular formula is C17H17NO3S2. The van der Waals surface area contributed by atoms with Gasteiger partial charge >= 0.3 is 5.97 Å². The maximum absolute atomic E-state index is 12.5. The van der Waals surface area contributed by atoms with Crippen molar-refractivity contribution >= 4 is 40.0 Å². The highest BCUT2D eigenvalue weighted by Crippen LogP contribution is 2.38. The lowest BCUT2D eigenvalue weighted by Gasteiger charge is -2.10. The van der Waals surface area contributed by atoms with Gasteiger partial charge in [0.15, 0.2) is 0 Å². The SMILES string of the molecule is CCOC(=O)c1cc(C)sc1NC(=O)C1Cc2ccccc2S1. The number of carbonyl (C=O) groups is 2. The lowest BCUT2D eigenvalue weighted by atomic mass is 10.1. The molecule has 1 aromatic carbocycles. The van der Waals surface area contributed by atoms with Crippen molar-refractivity contribution in [2.24, 2.45) is 0 Å². The molecule has 0 bridgehead atoms. The summed E-state index contributed by atoms with van der Waals surface area (Å²) in [7, 11) is 0. The standard InChI is InChI=1S/C17H17NO3S2/c1-3-21-17(20)12-8-10(2)22-16(12)18-15(19)14-9-11-6-4-5-7-13(11)23-14/h4-8,14H,3,9H2,1-2H3,(H,18,19). The van der Waals surface area contributed by atoms with Gasteiger partial charge in [-0.2, -0.15) is 0 Å². The van der Waals surface area contributed by atoms with Crippen molar-refractivity contribution in [1.29, 1.82) is 0 Å². The number of fused-ring (bicyclic) bond motifs is 1. The Kier molecular flexibility index (Phi) is 4.73. The second kappa shape index (κ2) is 6.76. The van der Waals surface area contributed by atoms with E-state index in [0.717, 1.165) is 9.77 Å². The normalized spacial score (nSPS) is 16.0. The number of amides is 1. The molecule has 0 saturated carbocycles. The van der Waals surface area contributed by atoms with Gasteiger partial charge in [0.2, 0.25) is 5.91 Å². The van der Waals surface area contributed by atoms with Crippen LogP contribution in [0.2, 0.25) is 0 Å². The number of esters is 1. The van der Waals surface area contributed by atoms with Crippen LogP contribution in [-0.4, -0.2) is 23.7 Å². The summed E-state index contributed by atoms with van der Waals surface area (Å²) < 4.78 is 5.05. The molecular weight excluding hydrogens is 330 g/mol. The fourth-order valence-corrected chi connectivity index (χ4v) is 4.59. The van der Waals surface area contributed by atoms with E-state index in [1.165, 1.54) is 16.9 Å². The van der Waals surface area contributed by atoms with Gasteiger partial charge in [0.05, 0.1) is 17.4 Å². The predicted molar refractivity (Wildman–Crippen MR) is 93.4 cm³/mol. The summed E-state index contributed by atoms with van der Waals surface area (Å²) in [6.45, 7) is 3.99. The van der Waals surface area contributed by atoms with Crippen LogP contribution in [0.5, 0.6) is 0 Å². The minimum Gasteiger partial charge on any atom is -0.462 e. The van der Waals surface area contributed by atoms with E-state index in [1.807, 2.05) is 25.1 Å². The zero-order chi connectivity index (χ0) is 16.4.